The zero-order valence-electron chi connectivity index (χ0n) is 11.4. The van der Waals surface area contributed by atoms with Gasteiger partial charge < -0.3 is 11.5 Å². The summed E-state index contributed by atoms with van der Waals surface area (Å²) in [6.45, 7) is 2.20. The van der Waals surface area contributed by atoms with E-state index >= 15 is 0 Å². The van der Waals surface area contributed by atoms with Crippen LogP contribution in [0.4, 0.5) is 0 Å². The maximum absolute atomic E-state index is 11.0. The molecule has 4 N–H and O–H groups in total. The van der Waals surface area contributed by atoms with E-state index in [4.69, 9.17) is 11.5 Å². The summed E-state index contributed by atoms with van der Waals surface area (Å²) in [6.07, 6.45) is 12.0. The molecule has 0 aromatic rings. The van der Waals surface area contributed by atoms with Crippen LogP contribution in [0.3, 0.4) is 0 Å². The van der Waals surface area contributed by atoms with Crippen LogP contribution in [-0.2, 0) is 9.59 Å². The summed E-state index contributed by atoms with van der Waals surface area (Å²) in [4.78, 5) is 21.8. The first-order valence-corrected chi connectivity index (χ1v) is 6.82. The lowest BCUT2D eigenvalue weighted by molar-refractivity contribution is -0.125. The molecule has 0 aromatic heterocycles. The van der Waals surface area contributed by atoms with Crippen molar-refractivity contribution in [1.82, 2.24) is 0 Å². The second-order valence-electron chi connectivity index (χ2n) is 4.66. The van der Waals surface area contributed by atoms with Gasteiger partial charge in [0.05, 0.1) is 5.92 Å². The fourth-order valence-electron chi connectivity index (χ4n) is 1.78. The summed E-state index contributed by atoms with van der Waals surface area (Å²) in [7, 11) is 0. The van der Waals surface area contributed by atoms with Crippen molar-refractivity contribution in [3.8, 4) is 0 Å². The van der Waals surface area contributed by atoms with Gasteiger partial charge in [-0.2, -0.15) is 0 Å². The van der Waals surface area contributed by atoms with Crippen LogP contribution in [0.5, 0.6) is 0 Å². The summed E-state index contributed by atoms with van der Waals surface area (Å²) in [6, 6.07) is 0. The van der Waals surface area contributed by atoms with E-state index in [9.17, 15) is 9.59 Å². The molecule has 0 fully saturated rings. The largest absolute Gasteiger partial charge is 0.370 e. The molecule has 0 bridgehead atoms. The maximum Gasteiger partial charge on any atom is 0.224 e. The lowest BCUT2D eigenvalue weighted by atomic mass is 10.0. The second kappa shape index (κ2) is 10.8. The minimum atomic E-state index is -0.553. The number of hydrogen-bond donors (Lipinski definition) is 2. The number of nitrogens with two attached hydrogens (primary N) is 2. The number of allylic oxidation sites excluding steroid dienone is 1. The van der Waals surface area contributed by atoms with Gasteiger partial charge in [-0.15, -0.1) is 0 Å². The molecule has 4 heteroatoms. The smallest absolute Gasteiger partial charge is 0.224 e. The van der Waals surface area contributed by atoms with E-state index < -0.39 is 17.7 Å². The Bertz CT molecular complexity index is 275. The van der Waals surface area contributed by atoms with E-state index in [1.165, 1.54) is 32.1 Å². The van der Waals surface area contributed by atoms with E-state index in [0.29, 0.717) is 0 Å². The zero-order valence-corrected chi connectivity index (χ0v) is 11.4. The topological polar surface area (TPSA) is 86.2 Å². The molecule has 1 atom stereocenters. The van der Waals surface area contributed by atoms with Crippen molar-refractivity contribution in [3.63, 3.8) is 0 Å². The summed E-state index contributed by atoms with van der Waals surface area (Å²) >= 11 is 0. The Morgan fingerprint density at radius 1 is 1.06 bits per heavy atom. The van der Waals surface area contributed by atoms with Gasteiger partial charge in [-0.25, -0.2) is 0 Å². The Labute approximate surface area is 110 Å². The molecule has 0 aliphatic carbocycles. The summed E-state index contributed by atoms with van der Waals surface area (Å²) < 4.78 is 0. The van der Waals surface area contributed by atoms with Crippen LogP contribution < -0.4 is 11.5 Å². The molecule has 0 spiro atoms. The first kappa shape index (κ1) is 16.7. The van der Waals surface area contributed by atoms with Gasteiger partial charge >= 0.3 is 0 Å². The number of amides is 2. The van der Waals surface area contributed by atoms with Gasteiger partial charge in [-0.05, 0) is 12.8 Å². The first-order chi connectivity index (χ1) is 8.57. The molecule has 0 rings (SSSR count). The molecule has 2 amide bonds. The second-order valence-corrected chi connectivity index (χ2v) is 4.66. The number of hydrogen-bond acceptors (Lipinski definition) is 2. The molecular weight excluding hydrogens is 228 g/mol. The molecule has 0 saturated heterocycles. The minimum Gasteiger partial charge on any atom is -0.370 e. The van der Waals surface area contributed by atoms with Crippen LogP contribution in [0, 0.1) is 5.92 Å². The lowest BCUT2D eigenvalue weighted by Crippen LogP contribution is -2.26. The highest BCUT2D eigenvalue weighted by atomic mass is 16.2. The van der Waals surface area contributed by atoms with E-state index in [0.717, 1.165) is 12.8 Å². The molecule has 0 aliphatic rings. The normalized spacial score (nSPS) is 12.7. The minimum absolute atomic E-state index is 0.00231. The monoisotopic (exact) mass is 254 g/mol. The van der Waals surface area contributed by atoms with E-state index in [1.54, 1.807) is 6.08 Å². The predicted molar refractivity (Wildman–Crippen MR) is 73.6 cm³/mol. The van der Waals surface area contributed by atoms with Crippen LogP contribution in [0.25, 0.3) is 0 Å². The standard InChI is InChI=1S/C14H26N2O2/c1-2-3-4-5-6-7-8-9-10-12(14(16)18)11-13(15)17/h9-10,12H,2-8,11H2,1H3,(H2,15,17)(H2,16,18). The lowest BCUT2D eigenvalue weighted by Gasteiger charge is -2.05. The van der Waals surface area contributed by atoms with Crippen LogP contribution in [-0.4, -0.2) is 11.8 Å². The van der Waals surface area contributed by atoms with Crippen LogP contribution in [0.1, 0.15) is 58.3 Å². The van der Waals surface area contributed by atoms with Gasteiger partial charge in [0, 0.05) is 6.42 Å². The van der Waals surface area contributed by atoms with Gasteiger partial charge in [0.25, 0.3) is 0 Å². The SMILES string of the molecule is CCCCCCCCC=CC(CC(N)=O)C(N)=O. The number of unbranched alkanes of at least 4 members (excludes halogenated alkanes) is 6. The Morgan fingerprint density at radius 3 is 2.22 bits per heavy atom. The number of carbonyl (C=O) groups excluding carboxylic acids is 2. The van der Waals surface area contributed by atoms with Crippen molar-refractivity contribution < 1.29 is 9.59 Å². The zero-order chi connectivity index (χ0) is 13.8. The molecule has 0 saturated carbocycles. The van der Waals surface area contributed by atoms with E-state index in [-0.39, 0.29) is 6.42 Å². The summed E-state index contributed by atoms with van der Waals surface area (Å²) in [5, 5.41) is 0. The fourth-order valence-corrected chi connectivity index (χ4v) is 1.78. The van der Waals surface area contributed by atoms with E-state index in [1.807, 2.05) is 6.08 Å². The molecule has 18 heavy (non-hydrogen) atoms. The van der Waals surface area contributed by atoms with Crippen molar-refractivity contribution in [1.29, 1.82) is 0 Å². The Kier molecular flexibility index (Phi) is 10.0. The fraction of sp³-hybridized carbons (Fsp3) is 0.714. The molecule has 0 radical (unpaired) electrons. The van der Waals surface area contributed by atoms with Gasteiger partial charge in [0.2, 0.25) is 11.8 Å². The van der Waals surface area contributed by atoms with Crippen molar-refractivity contribution in [3.05, 3.63) is 12.2 Å². The molecular formula is C14H26N2O2. The number of rotatable bonds is 11. The molecule has 4 nitrogen and oxygen atoms in total. The number of carbonyl (C=O) groups is 2. The Morgan fingerprint density at radius 2 is 1.67 bits per heavy atom. The third kappa shape index (κ3) is 9.87. The van der Waals surface area contributed by atoms with Crippen molar-refractivity contribution >= 4 is 11.8 Å². The van der Waals surface area contributed by atoms with Gasteiger partial charge in [-0.1, -0.05) is 51.2 Å². The highest BCUT2D eigenvalue weighted by Gasteiger charge is 2.13. The third-order valence-electron chi connectivity index (χ3n) is 2.88. The van der Waals surface area contributed by atoms with E-state index in [2.05, 4.69) is 6.92 Å². The molecule has 0 heterocycles. The predicted octanol–water partition coefficient (Wildman–Crippen LogP) is 2.27. The van der Waals surface area contributed by atoms with Gasteiger partial charge in [0.15, 0.2) is 0 Å². The summed E-state index contributed by atoms with van der Waals surface area (Å²) in [5.41, 5.74) is 10.2. The van der Waals surface area contributed by atoms with Crippen molar-refractivity contribution in [2.24, 2.45) is 17.4 Å². The maximum atomic E-state index is 11.0. The van der Waals surface area contributed by atoms with Crippen molar-refractivity contribution in [2.75, 3.05) is 0 Å². The third-order valence-corrected chi connectivity index (χ3v) is 2.88. The molecule has 0 aliphatic heterocycles. The highest BCUT2D eigenvalue weighted by molar-refractivity contribution is 5.85. The molecule has 0 aromatic carbocycles. The van der Waals surface area contributed by atoms with Crippen molar-refractivity contribution in [2.45, 2.75) is 58.3 Å². The number of primary amides is 2. The van der Waals surface area contributed by atoms with Gasteiger partial charge in [-0.3, -0.25) is 9.59 Å². The van der Waals surface area contributed by atoms with Crippen LogP contribution >= 0.6 is 0 Å². The Balaban J connectivity index is 3.70. The highest BCUT2D eigenvalue weighted by Crippen LogP contribution is 2.09. The summed E-state index contributed by atoms with van der Waals surface area (Å²) in [5.74, 6) is -1.54. The molecule has 104 valence electrons. The van der Waals surface area contributed by atoms with Crippen LogP contribution in [0.15, 0.2) is 12.2 Å². The average Bonchev–Trinajstić information content (AvgIpc) is 2.30. The van der Waals surface area contributed by atoms with Crippen LogP contribution in [0.2, 0.25) is 0 Å². The Hall–Kier alpha value is -1.32. The van der Waals surface area contributed by atoms with Gasteiger partial charge in [0.1, 0.15) is 0 Å². The average molecular weight is 254 g/mol. The quantitative estimate of drug-likeness (QED) is 0.437. The first-order valence-electron chi connectivity index (χ1n) is 6.82. The molecule has 1 unspecified atom stereocenters.